The van der Waals surface area contributed by atoms with Crippen molar-refractivity contribution in [1.82, 2.24) is 15.1 Å². The van der Waals surface area contributed by atoms with E-state index in [9.17, 15) is 9.59 Å². The van der Waals surface area contributed by atoms with Gasteiger partial charge in [-0.25, -0.2) is 4.79 Å². The molecule has 148 valence electrons. The molecule has 0 spiro atoms. The summed E-state index contributed by atoms with van der Waals surface area (Å²) < 4.78 is 0. The van der Waals surface area contributed by atoms with E-state index in [4.69, 9.17) is 5.11 Å². The first-order chi connectivity index (χ1) is 13.0. The first-order valence-electron chi connectivity index (χ1n) is 10.0. The number of amides is 2. The molecule has 1 atom stereocenters. The maximum absolute atomic E-state index is 12.5. The van der Waals surface area contributed by atoms with E-state index < -0.39 is 5.97 Å². The van der Waals surface area contributed by atoms with Crippen molar-refractivity contribution in [2.75, 3.05) is 33.2 Å². The van der Waals surface area contributed by atoms with Crippen molar-refractivity contribution in [3.63, 3.8) is 0 Å². The zero-order valence-corrected chi connectivity index (χ0v) is 16.1. The van der Waals surface area contributed by atoms with Crippen molar-refractivity contribution in [3.05, 3.63) is 35.9 Å². The van der Waals surface area contributed by atoms with Gasteiger partial charge in [0, 0.05) is 25.7 Å². The quantitative estimate of drug-likeness (QED) is 0.804. The molecule has 1 saturated carbocycles. The van der Waals surface area contributed by atoms with Gasteiger partial charge in [-0.15, -0.1) is 0 Å². The first kappa shape index (κ1) is 19.7. The normalized spacial score (nSPS) is 25.6. The van der Waals surface area contributed by atoms with Crippen LogP contribution in [0, 0.1) is 5.92 Å². The van der Waals surface area contributed by atoms with Crippen molar-refractivity contribution in [2.24, 2.45) is 5.92 Å². The molecule has 1 aliphatic heterocycles. The second-order valence-corrected chi connectivity index (χ2v) is 8.01. The molecule has 1 aromatic carbocycles. The lowest BCUT2D eigenvalue weighted by Crippen LogP contribution is -2.44. The Balaban J connectivity index is 1.37. The molecular formula is C21H31N3O3. The van der Waals surface area contributed by atoms with Crippen LogP contribution in [0.3, 0.4) is 0 Å². The van der Waals surface area contributed by atoms with E-state index in [1.54, 1.807) is 0 Å². The van der Waals surface area contributed by atoms with Crippen molar-refractivity contribution in [2.45, 2.75) is 44.1 Å². The largest absolute Gasteiger partial charge is 0.480 e. The lowest BCUT2D eigenvalue weighted by molar-refractivity contribution is -0.138. The third kappa shape index (κ3) is 5.45. The summed E-state index contributed by atoms with van der Waals surface area (Å²) in [5.41, 5.74) is 1.41. The van der Waals surface area contributed by atoms with Gasteiger partial charge in [0.15, 0.2) is 0 Å². The number of rotatable bonds is 6. The van der Waals surface area contributed by atoms with Crippen molar-refractivity contribution < 1.29 is 14.7 Å². The molecule has 6 nitrogen and oxygen atoms in total. The number of benzene rings is 1. The Morgan fingerprint density at radius 2 is 1.93 bits per heavy atom. The topological polar surface area (TPSA) is 72.9 Å². The molecule has 2 amide bonds. The van der Waals surface area contributed by atoms with Gasteiger partial charge in [0.25, 0.3) is 0 Å². The van der Waals surface area contributed by atoms with Crippen LogP contribution in [0.15, 0.2) is 30.3 Å². The Kier molecular flexibility index (Phi) is 6.72. The number of carbonyl (C=O) groups is 2. The molecule has 1 saturated heterocycles. The molecule has 0 aromatic heterocycles. The smallest absolute Gasteiger partial charge is 0.317 e. The Morgan fingerprint density at radius 1 is 1.19 bits per heavy atom. The Bertz CT molecular complexity index is 631. The van der Waals surface area contributed by atoms with Crippen LogP contribution in [0.2, 0.25) is 0 Å². The minimum atomic E-state index is -0.800. The van der Waals surface area contributed by atoms with Gasteiger partial charge in [-0.1, -0.05) is 30.3 Å². The van der Waals surface area contributed by atoms with E-state index in [2.05, 4.69) is 29.6 Å². The molecular weight excluding hydrogens is 342 g/mol. The summed E-state index contributed by atoms with van der Waals surface area (Å²) in [5, 5.41) is 12.1. The number of aliphatic carboxylic acids is 1. The molecule has 1 unspecified atom stereocenters. The number of carboxylic acids is 1. The summed E-state index contributed by atoms with van der Waals surface area (Å²) in [4.78, 5) is 27.2. The van der Waals surface area contributed by atoms with Crippen LogP contribution in [-0.2, 0) is 4.79 Å². The molecule has 1 aliphatic carbocycles. The van der Waals surface area contributed by atoms with Gasteiger partial charge in [0.05, 0.1) is 6.54 Å². The number of likely N-dealkylation sites (N-methyl/N-ethyl adjacent to an activating group) is 1. The highest BCUT2D eigenvalue weighted by Crippen LogP contribution is 2.41. The fraction of sp³-hybridized carbons (Fsp3) is 0.619. The number of nitrogens with one attached hydrogen (secondary N) is 1. The minimum Gasteiger partial charge on any atom is -0.480 e. The second kappa shape index (κ2) is 9.22. The minimum absolute atomic E-state index is 0.0275. The van der Waals surface area contributed by atoms with Gasteiger partial charge in [-0.3, -0.25) is 9.69 Å². The highest BCUT2D eigenvalue weighted by molar-refractivity contribution is 5.74. The Labute approximate surface area is 161 Å². The number of hydrogen-bond acceptors (Lipinski definition) is 3. The SMILES string of the molecule is CN(CC(=O)O)C1CCCN(C(=O)NCC2CC(c3ccccc3)C2)CC1. The number of urea groups is 1. The van der Waals surface area contributed by atoms with E-state index in [1.165, 1.54) is 5.56 Å². The van der Waals surface area contributed by atoms with E-state index in [1.807, 2.05) is 22.9 Å². The molecule has 1 heterocycles. The van der Waals surface area contributed by atoms with Gasteiger partial charge in [-0.2, -0.15) is 0 Å². The molecule has 0 bridgehead atoms. The van der Waals surface area contributed by atoms with Gasteiger partial charge < -0.3 is 15.3 Å². The van der Waals surface area contributed by atoms with Crippen LogP contribution in [0.5, 0.6) is 0 Å². The molecule has 0 radical (unpaired) electrons. The Hall–Kier alpha value is -2.08. The van der Waals surface area contributed by atoms with Crippen molar-refractivity contribution in [3.8, 4) is 0 Å². The fourth-order valence-electron chi connectivity index (χ4n) is 4.31. The predicted octanol–water partition coefficient (Wildman–Crippen LogP) is 2.76. The first-order valence-corrected chi connectivity index (χ1v) is 10.0. The third-order valence-electron chi connectivity index (χ3n) is 6.04. The lowest BCUT2D eigenvalue weighted by atomic mass is 9.71. The maximum atomic E-state index is 12.5. The van der Waals surface area contributed by atoms with Gasteiger partial charge in [0.2, 0.25) is 0 Å². The van der Waals surface area contributed by atoms with Crippen molar-refractivity contribution >= 4 is 12.0 Å². The summed E-state index contributed by atoms with van der Waals surface area (Å²) in [6.07, 6.45) is 4.98. The Morgan fingerprint density at radius 3 is 2.63 bits per heavy atom. The number of nitrogens with zero attached hydrogens (tertiary/aromatic N) is 2. The van der Waals surface area contributed by atoms with Crippen LogP contribution in [-0.4, -0.2) is 66.2 Å². The molecule has 1 aromatic rings. The lowest BCUT2D eigenvalue weighted by Gasteiger charge is -2.36. The summed E-state index contributed by atoms with van der Waals surface area (Å²) >= 11 is 0. The highest BCUT2D eigenvalue weighted by atomic mass is 16.4. The summed E-state index contributed by atoms with van der Waals surface area (Å²) in [7, 11) is 1.86. The predicted molar refractivity (Wildman–Crippen MR) is 105 cm³/mol. The van der Waals surface area contributed by atoms with Crippen LogP contribution in [0.25, 0.3) is 0 Å². The number of carboxylic acid groups (broad SMARTS) is 1. The monoisotopic (exact) mass is 373 g/mol. The molecule has 3 rings (SSSR count). The van der Waals surface area contributed by atoms with E-state index in [0.29, 0.717) is 18.4 Å². The van der Waals surface area contributed by atoms with Gasteiger partial charge >= 0.3 is 12.0 Å². The molecule has 2 fully saturated rings. The molecule has 2 N–H and O–H groups in total. The molecule has 2 aliphatic rings. The zero-order chi connectivity index (χ0) is 19.2. The number of likely N-dealkylation sites (tertiary alicyclic amines) is 1. The molecule has 27 heavy (non-hydrogen) atoms. The van der Waals surface area contributed by atoms with E-state index >= 15 is 0 Å². The average molecular weight is 373 g/mol. The average Bonchev–Trinajstić information content (AvgIpc) is 2.87. The maximum Gasteiger partial charge on any atom is 0.317 e. The molecule has 6 heteroatoms. The summed E-state index contributed by atoms with van der Waals surface area (Å²) in [6, 6.07) is 10.9. The number of hydrogen-bond donors (Lipinski definition) is 2. The fourth-order valence-corrected chi connectivity index (χ4v) is 4.31. The summed E-state index contributed by atoms with van der Waals surface area (Å²) in [6.45, 7) is 2.25. The highest BCUT2D eigenvalue weighted by Gasteiger charge is 2.31. The number of carbonyl (C=O) groups excluding carboxylic acids is 1. The van der Waals surface area contributed by atoms with Crippen molar-refractivity contribution in [1.29, 1.82) is 0 Å². The van der Waals surface area contributed by atoms with Crippen LogP contribution >= 0.6 is 0 Å². The zero-order valence-electron chi connectivity index (χ0n) is 16.1. The van der Waals surface area contributed by atoms with Crippen LogP contribution in [0.4, 0.5) is 4.79 Å². The van der Waals surface area contributed by atoms with Gasteiger partial charge in [0.1, 0.15) is 0 Å². The van der Waals surface area contributed by atoms with E-state index in [-0.39, 0.29) is 18.6 Å². The second-order valence-electron chi connectivity index (χ2n) is 8.01. The summed E-state index contributed by atoms with van der Waals surface area (Å²) in [5.74, 6) is 0.406. The third-order valence-corrected chi connectivity index (χ3v) is 6.04. The van der Waals surface area contributed by atoms with E-state index in [0.717, 1.165) is 45.2 Å². The standard InChI is InChI=1S/C21H31N3O3/c1-23(15-20(25)26)19-8-5-10-24(11-9-19)21(27)22-14-16-12-18(13-16)17-6-3-2-4-7-17/h2-4,6-7,16,18-19H,5,8-15H2,1H3,(H,22,27)(H,25,26). The van der Waals surface area contributed by atoms with Crippen LogP contribution < -0.4 is 5.32 Å². The van der Waals surface area contributed by atoms with Gasteiger partial charge in [-0.05, 0) is 56.6 Å². The van der Waals surface area contributed by atoms with Crippen LogP contribution in [0.1, 0.15) is 43.6 Å².